The summed E-state index contributed by atoms with van der Waals surface area (Å²) in [5.74, 6) is -0.0499. The minimum Gasteiger partial charge on any atom is -0.399 e. The summed E-state index contributed by atoms with van der Waals surface area (Å²) in [5.41, 5.74) is 9.66. The van der Waals surface area contributed by atoms with E-state index in [0.717, 1.165) is 11.1 Å². The molecule has 4 aromatic rings. The Kier molecular flexibility index (Phi) is 2.88. The zero-order valence-electron chi connectivity index (χ0n) is 13.6. The number of nitrogen functional groups attached to an aromatic ring is 1. The number of hydrogen-bond donors (Lipinski definition) is 1. The molecule has 1 aliphatic rings. The van der Waals surface area contributed by atoms with E-state index in [0.29, 0.717) is 27.8 Å². The van der Waals surface area contributed by atoms with Crippen LogP contribution >= 0.6 is 0 Å². The highest BCUT2D eigenvalue weighted by molar-refractivity contribution is 6.13. The molecule has 26 heavy (non-hydrogen) atoms. The lowest BCUT2D eigenvalue weighted by atomic mass is 10.0. The Bertz CT molecular complexity index is 1270. The van der Waals surface area contributed by atoms with Gasteiger partial charge in [0.2, 0.25) is 5.78 Å². The van der Waals surface area contributed by atoms with Crippen molar-refractivity contribution in [2.75, 3.05) is 5.73 Å². The molecule has 0 amide bonds. The van der Waals surface area contributed by atoms with Crippen LogP contribution in [0.1, 0.15) is 16.2 Å². The number of hydrogen-bond acceptors (Lipinski definition) is 4. The van der Waals surface area contributed by atoms with Gasteiger partial charge in [-0.3, -0.25) is 14.2 Å². The summed E-state index contributed by atoms with van der Waals surface area (Å²) < 4.78 is 1.41. The number of nitrogens with zero attached hydrogens (tertiary/aromatic N) is 2. The molecular formula is C21H13N3O2. The van der Waals surface area contributed by atoms with Crippen LogP contribution in [0.3, 0.4) is 0 Å². The number of aromatic nitrogens is 2. The first-order chi connectivity index (χ1) is 12.6. The molecule has 1 aliphatic heterocycles. The van der Waals surface area contributed by atoms with Gasteiger partial charge in [-0.15, -0.1) is 0 Å². The normalized spacial score (nSPS) is 12.2. The van der Waals surface area contributed by atoms with E-state index in [9.17, 15) is 9.59 Å². The minimum atomic E-state index is -0.236. The number of ketones is 1. The molecule has 0 atom stereocenters. The summed E-state index contributed by atoms with van der Waals surface area (Å²) in [6, 6.07) is 20.0. The Labute approximate surface area is 148 Å². The topological polar surface area (TPSA) is 78.0 Å². The first-order valence-corrected chi connectivity index (χ1v) is 8.20. The molecule has 3 aromatic carbocycles. The Hall–Kier alpha value is -3.73. The molecule has 0 saturated carbocycles. The number of nitrogens with two attached hydrogens (primary N) is 1. The van der Waals surface area contributed by atoms with E-state index in [1.807, 2.05) is 42.5 Å². The Morgan fingerprint density at radius 2 is 1.58 bits per heavy atom. The summed E-state index contributed by atoms with van der Waals surface area (Å²) in [6.07, 6.45) is 0. The van der Waals surface area contributed by atoms with Gasteiger partial charge in [0.1, 0.15) is 0 Å². The molecule has 124 valence electrons. The molecule has 5 rings (SSSR count). The third-order valence-electron chi connectivity index (χ3n) is 4.70. The molecule has 0 unspecified atom stereocenters. The van der Waals surface area contributed by atoms with Crippen molar-refractivity contribution in [2.45, 2.75) is 0 Å². The molecule has 0 bridgehead atoms. The van der Waals surface area contributed by atoms with Crippen LogP contribution in [-0.2, 0) is 0 Å². The van der Waals surface area contributed by atoms with Gasteiger partial charge in [0.05, 0.1) is 22.2 Å². The molecule has 1 aromatic heterocycles. The highest BCUT2D eigenvalue weighted by Crippen LogP contribution is 2.28. The predicted molar refractivity (Wildman–Crippen MR) is 101 cm³/mol. The van der Waals surface area contributed by atoms with Crippen molar-refractivity contribution >= 4 is 22.4 Å². The molecule has 2 heterocycles. The molecular weight excluding hydrogens is 326 g/mol. The average molecular weight is 339 g/mol. The number of carbonyl (C=O) groups is 1. The number of anilines is 1. The maximum atomic E-state index is 13.1. The smallest absolute Gasteiger partial charge is 0.266 e. The maximum Gasteiger partial charge on any atom is 0.266 e. The second kappa shape index (κ2) is 5.13. The molecule has 0 aliphatic carbocycles. The Morgan fingerprint density at radius 1 is 0.846 bits per heavy atom. The number of para-hydroxylation sites is 1. The third kappa shape index (κ3) is 1.94. The van der Waals surface area contributed by atoms with E-state index in [-0.39, 0.29) is 17.2 Å². The van der Waals surface area contributed by atoms with Crippen LogP contribution in [0, 0.1) is 0 Å². The van der Waals surface area contributed by atoms with Crippen LogP contribution in [0.2, 0.25) is 0 Å². The van der Waals surface area contributed by atoms with Crippen LogP contribution in [0.4, 0.5) is 5.69 Å². The number of carbonyl (C=O) groups excluding carboxylic acids is 1. The number of rotatable bonds is 1. The van der Waals surface area contributed by atoms with Crippen molar-refractivity contribution in [3.63, 3.8) is 0 Å². The second-order valence-corrected chi connectivity index (χ2v) is 6.28. The summed E-state index contributed by atoms with van der Waals surface area (Å²) in [7, 11) is 0. The first kappa shape index (κ1) is 14.6. The molecule has 0 fully saturated rings. The Morgan fingerprint density at radius 3 is 2.38 bits per heavy atom. The third-order valence-corrected chi connectivity index (χ3v) is 4.70. The molecule has 5 heteroatoms. The fourth-order valence-corrected chi connectivity index (χ4v) is 3.40. The van der Waals surface area contributed by atoms with Gasteiger partial charge < -0.3 is 5.73 Å². The lowest BCUT2D eigenvalue weighted by Gasteiger charge is -2.08. The van der Waals surface area contributed by atoms with Crippen molar-refractivity contribution in [3.8, 4) is 16.8 Å². The number of fused-ring (bicyclic) bond motifs is 4. The van der Waals surface area contributed by atoms with Crippen LogP contribution in [0.15, 0.2) is 71.5 Å². The molecule has 0 saturated heterocycles. The second-order valence-electron chi connectivity index (χ2n) is 6.28. The van der Waals surface area contributed by atoms with Gasteiger partial charge in [0.25, 0.3) is 5.56 Å². The van der Waals surface area contributed by atoms with Gasteiger partial charge >= 0.3 is 0 Å². The zero-order valence-corrected chi connectivity index (χ0v) is 13.6. The summed E-state index contributed by atoms with van der Waals surface area (Å²) in [5, 5.41) is 0.479. The van der Waals surface area contributed by atoms with Crippen LogP contribution in [-0.4, -0.2) is 15.3 Å². The minimum absolute atomic E-state index is 0.170. The summed E-state index contributed by atoms with van der Waals surface area (Å²) >= 11 is 0. The van der Waals surface area contributed by atoms with Crippen molar-refractivity contribution in [1.29, 1.82) is 0 Å². The quantitative estimate of drug-likeness (QED) is 0.476. The SMILES string of the molecule is Nc1ccc(-c2ccc3nc4n(c(=O)c3c2)-c2ccccc2C4=O)cc1. The number of benzene rings is 3. The van der Waals surface area contributed by atoms with Gasteiger partial charge in [-0.1, -0.05) is 30.3 Å². The lowest BCUT2D eigenvalue weighted by molar-refractivity contribution is 0.103. The van der Waals surface area contributed by atoms with Gasteiger partial charge in [0, 0.05) is 5.69 Å². The van der Waals surface area contributed by atoms with Crippen molar-refractivity contribution in [3.05, 3.63) is 88.5 Å². The van der Waals surface area contributed by atoms with Crippen molar-refractivity contribution in [2.24, 2.45) is 0 Å². The van der Waals surface area contributed by atoms with Crippen molar-refractivity contribution in [1.82, 2.24) is 9.55 Å². The largest absolute Gasteiger partial charge is 0.399 e. The fraction of sp³-hybridized carbons (Fsp3) is 0. The van der Waals surface area contributed by atoms with Gasteiger partial charge in [-0.25, -0.2) is 4.98 Å². The molecule has 0 radical (unpaired) electrons. The van der Waals surface area contributed by atoms with E-state index < -0.39 is 0 Å². The molecule has 2 N–H and O–H groups in total. The predicted octanol–water partition coefficient (Wildman–Crippen LogP) is 3.18. The standard InChI is InChI=1S/C21H13N3O2/c22-14-8-5-12(6-9-14)13-7-10-17-16(11-13)21(26)24-18-4-2-1-3-15(18)19(25)20(24)23-17/h1-11H,22H2. The van der Waals surface area contributed by atoms with Gasteiger partial charge in [-0.05, 0) is 47.5 Å². The Balaban J connectivity index is 1.79. The van der Waals surface area contributed by atoms with Gasteiger partial charge in [-0.2, -0.15) is 0 Å². The highest BCUT2D eigenvalue weighted by atomic mass is 16.1. The zero-order chi connectivity index (χ0) is 17.8. The van der Waals surface area contributed by atoms with E-state index in [1.54, 1.807) is 24.3 Å². The van der Waals surface area contributed by atoms with E-state index >= 15 is 0 Å². The van der Waals surface area contributed by atoms with E-state index in [1.165, 1.54) is 4.57 Å². The summed E-state index contributed by atoms with van der Waals surface area (Å²) in [4.78, 5) is 30.1. The first-order valence-electron chi connectivity index (χ1n) is 8.20. The maximum absolute atomic E-state index is 13.1. The van der Waals surface area contributed by atoms with E-state index in [2.05, 4.69) is 4.98 Å². The lowest BCUT2D eigenvalue weighted by Crippen LogP contribution is -2.21. The monoisotopic (exact) mass is 339 g/mol. The van der Waals surface area contributed by atoms with Crippen LogP contribution < -0.4 is 11.3 Å². The average Bonchev–Trinajstić information content (AvgIpc) is 2.95. The fourth-order valence-electron chi connectivity index (χ4n) is 3.40. The summed E-state index contributed by atoms with van der Waals surface area (Å²) in [6.45, 7) is 0. The van der Waals surface area contributed by atoms with Crippen molar-refractivity contribution < 1.29 is 4.79 Å². The van der Waals surface area contributed by atoms with Crippen LogP contribution in [0.25, 0.3) is 27.7 Å². The van der Waals surface area contributed by atoms with Gasteiger partial charge in [0.15, 0.2) is 5.82 Å². The van der Waals surface area contributed by atoms with E-state index in [4.69, 9.17) is 5.73 Å². The van der Waals surface area contributed by atoms with Crippen LogP contribution in [0.5, 0.6) is 0 Å². The highest BCUT2D eigenvalue weighted by Gasteiger charge is 2.29. The molecule has 0 spiro atoms. The molecule has 5 nitrogen and oxygen atoms in total.